The minimum atomic E-state index is -4.37. The van der Waals surface area contributed by atoms with E-state index in [9.17, 15) is 13.2 Å². The van der Waals surface area contributed by atoms with Crippen molar-refractivity contribution in [2.45, 2.75) is 25.9 Å². The number of nitrogens with zero attached hydrogens (tertiary/aromatic N) is 2. The first-order valence-electron chi connectivity index (χ1n) is 6.27. The van der Waals surface area contributed by atoms with E-state index in [-0.39, 0.29) is 16.8 Å². The van der Waals surface area contributed by atoms with Crippen molar-refractivity contribution in [3.8, 4) is 11.6 Å². The molecule has 0 spiro atoms. The van der Waals surface area contributed by atoms with Gasteiger partial charge in [-0.3, -0.25) is 0 Å². The van der Waals surface area contributed by atoms with E-state index in [2.05, 4.69) is 9.97 Å². The van der Waals surface area contributed by atoms with Gasteiger partial charge in [0, 0.05) is 12.5 Å². The Balaban J connectivity index is 2.18. The predicted molar refractivity (Wildman–Crippen MR) is 72.6 cm³/mol. The third kappa shape index (κ3) is 4.32. The summed E-state index contributed by atoms with van der Waals surface area (Å²) in [5, 5.41) is 0.232. The summed E-state index contributed by atoms with van der Waals surface area (Å²) in [4.78, 5) is 8.19. The van der Waals surface area contributed by atoms with Gasteiger partial charge in [0.15, 0.2) is 0 Å². The van der Waals surface area contributed by atoms with E-state index in [1.54, 1.807) is 0 Å². The van der Waals surface area contributed by atoms with Crippen molar-refractivity contribution >= 4 is 11.6 Å². The molecule has 112 valence electrons. The zero-order chi connectivity index (χ0) is 15.5. The molecule has 0 aliphatic carbocycles. The van der Waals surface area contributed by atoms with Gasteiger partial charge in [-0.2, -0.15) is 18.2 Å². The first-order chi connectivity index (χ1) is 9.88. The number of aromatic nitrogens is 2. The molecule has 0 aliphatic heterocycles. The highest BCUT2D eigenvalue weighted by Gasteiger charge is 2.30. The summed E-state index contributed by atoms with van der Waals surface area (Å²) in [5.41, 5.74) is -0.734. The van der Waals surface area contributed by atoms with Crippen molar-refractivity contribution in [3.63, 3.8) is 0 Å². The van der Waals surface area contributed by atoms with Crippen molar-refractivity contribution in [1.29, 1.82) is 0 Å². The molecule has 0 unspecified atom stereocenters. The number of hydrogen-bond donors (Lipinski definition) is 0. The Morgan fingerprint density at radius 1 is 1.14 bits per heavy atom. The maximum Gasteiger partial charge on any atom is 0.416 e. The average Bonchev–Trinajstić information content (AvgIpc) is 2.38. The van der Waals surface area contributed by atoms with Crippen LogP contribution in [0.4, 0.5) is 13.2 Å². The van der Waals surface area contributed by atoms with Gasteiger partial charge in [-0.25, -0.2) is 4.98 Å². The molecule has 0 radical (unpaired) electrons. The molecule has 0 saturated carbocycles. The van der Waals surface area contributed by atoms with Crippen molar-refractivity contribution in [3.05, 3.63) is 46.9 Å². The molecule has 7 heteroatoms. The van der Waals surface area contributed by atoms with Crippen LogP contribution in [0.3, 0.4) is 0 Å². The Morgan fingerprint density at radius 2 is 1.81 bits per heavy atom. The van der Waals surface area contributed by atoms with E-state index in [1.165, 1.54) is 18.2 Å². The van der Waals surface area contributed by atoms with Gasteiger partial charge in [0.2, 0.25) is 5.88 Å². The molecule has 0 saturated heterocycles. The van der Waals surface area contributed by atoms with Gasteiger partial charge in [-0.15, -0.1) is 0 Å². The molecule has 21 heavy (non-hydrogen) atoms. The fourth-order valence-corrected chi connectivity index (χ4v) is 1.85. The van der Waals surface area contributed by atoms with Gasteiger partial charge < -0.3 is 4.74 Å². The van der Waals surface area contributed by atoms with E-state index >= 15 is 0 Å². The lowest BCUT2D eigenvalue weighted by molar-refractivity contribution is -0.137. The lowest BCUT2D eigenvalue weighted by Gasteiger charge is -2.09. The quantitative estimate of drug-likeness (QED) is 0.753. The number of hydrogen-bond acceptors (Lipinski definition) is 3. The fraction of sp³-hybridized carbons (Fsp3) is 0.286. The Kier molecular flexibility index (Phi) is 4.67. The molecule has 0 atom stereocenters. The zero-order valence-electron chi connectivity index (χ0n) is 11.1. The van der Waals surface area contributed by atoms with Crippen LogP contribution in [0.1, 0.15) is 24.7 Å². The maximum absolute atomic E-state index is 12.5. The van der Waals surface area contributed by atoms with Crippen LogP contribution in [0.5, 0.6) is 11.6 Å². The number of halogens is 4. The standard InChI is InChI=1S/C14H12ClF3N2O/c1-2-3-12-19-11(15)8-13(20-12)21-10-6-4-9(5-7-10)14(16,17)18/h4-8H,2-3H2,1H3. The number of rotatable bonds is 4. The highest BCUT2D eigenvalue weighted by atomic mass is 35.5. The molecule has 2 rings (SSSR count). The summed E-state index contributed by atoms with van der Waals surface area (Å²) < 4.78 is 42.8. The summed E-state index contributed by atoms with van der Waals surface area (Å²) >= 11 is 5.86. The van der Waals surface area contributed by atoms with Crippen LogP contribution in [0.2, 0.25) is 5.15 Å². The molecular formula is C14H12ClF3N2O. The maximum atomic E-state index is 12.5. The number of alkyl halides is 3. The summed E-state index contributed by atoms with van der Waals surface area (Å²) in [6, 6.07) is 5.78. The first kappa shape index (κ1) is 15.6. The largest absolute Gasteiger partial charge is 0.439 e. The minimum absolute atomic E-state index is 0.207. The molecule has 0 N–H and O–H groups in total. The molecule has 0 bridgehead atoms. The van der Waals surface area contributed by atoms with Crippen LogP contribution in [0, 0.1) is 0 Å². The molecule has 0 aliphatic rings. The first-order valence-corrected chi connectivity index (χ1v) is 6.65. The highest BCUT2D eigenvalue weighted by Crippen LogP contribution is 2.31. The zero-order valence-corrected chi connectivity index (χ0v) is 11.9. The predicted octanol–water partition coefficient (Wildman–Crippen LogP) is 4.89. The van der Waals surface area contributed by atoms with Crippen molar-refractivity contribution in [2.24, 2.45) is 0 Å². The molecule has 1 aromatic carbocycles. The lowest BCUT2D eigenvalue weighted by Crippen LogP contribution is -2.04. The second kappa shape index (κ2) is 6.30. The van der Waals surface area contributed by atoms with Crippen LogP contribution in [-0.2, 0) is 12.6 Å². The minimum Gasteiger partial charge on any atom is -0.439 e. The Hall–Kier alpha value is -1.82. The Morgan fingerprint density at radius 3 is 2.38 bits per heavy atom. The number of ether oxygens (including phenoxy) is 1. The summed E-state index contributed by atoms with van der Waals surface area (Å²) in [6.07, 6.45) is -2.88. The summed E-state index contributed by atoms with van der Waals surface area (Å²) in [6.45, 7) is 1.97. The molecular weight excluding hydrogens is 305 g/mol. The molecule has 1 aromatic heterocycles. The van der Waals surface area contributed by atoms with Crippen LogP contribution in [-0.4, -0.2) is 9.97 Å². The molecule has 0 amide bonds. The fourth-order valence-electron chi connectivity index (χ4n) is 1.66. The van der Waals surface area contributed by atoms with Gasteiger partial charge in [-0.05, 0) is 30.7 Å². The summed E-state index contributed by atoms with van der Waals surface area (Å²) in [5.74, 6) is 0.991. The van der Waals surface area contributed by atoms with Crippen molar-refractivity contribution in [2.75, 3.05) is 0 Å². The second-order valence-corrected chi connectivity index (χ2v) is 4.71. The van der Waals surface area contributed by atoms with E-state index < -0.39 is 11.7 Å². The lowest BCUT2D eigenvalue weighted by atomic mass is 10.2. The Bertz CT molecular complexity index is 615. The van der Waals surface area contributed by atoms with E-state index in [4.69, 9.17) is 16.3 Å². The second-order valence-electron chi connectivity index (χ2n) is 4.32. The van der Waals surface area contributed by atoms with Gasteiger partial charge in [-0.1, -0.05) is 18.5 Å². The van der Waals surface area contributed by atoms with Gasteiger partial charge in [0.05, 0.1) is 5.56 Å². The number of benzene rings is 1. The number of aryl methyl sites for hydroxylation is 1. The van der Waals surface area contributed by atoms with E-state index in [0.717, 1.165) is 18.6 Å². The van der Waals surface area contributed by atoms with Crippen LogP contribution < -0.4 is 4.74 Å². The molecule has 1 heterocycles. The van der Waals surface area contributed by atoms with E-state index in [1.807, 2.05) is 6.92 Å². The highest BCUT2D eigenvalue weighted by molar-refractivity contribution is 6.29. The van der Waals surface area contributed by atoms with Gasteiger partial charge >= 0.3 is 6.18 Å². The third-order valence-electron chi connectivity index (χ3n) is 2.60. The third-order valence-corrected chi connectivity index (χ3v) is 2.79. The van der Waals surface area contributed by atoms with Crippen LogP contribution >= 0.6 is 11.6 Å². The smallest absolute Gasteiger partial charge is 0.416 e. The van der Waals surface area contributed by atoms with Gasteiger partial charge in [0.1, 0.15) is 16.7 Å². The summed E-state index contributed by atoms with van der Waals surface area (Å²) in [7, 11) is 0. The SMILES string of the molecule is CCCc1nc(Cl)cc(Oc2ccc(C(F)(F)F)cc2)n1. The van der Waals surface area contributed by atoms with Gasteiger partial charge in [0.25, 0.3) is 0 Å². The monoisotopic (exact) mass is 316 g/mol. The topological polar surface area (TPSA) is 35.0 Å². The molecule has 2 aromatic rings. The van der Waals surface area contributed by atoms with Crippen LogP contribution in [0.15, 0.2) is 30.3 Å². The van der Waals surface area contributed by atoms with Crippen molar-refractivity contribution < 1.29 is 17.9 Å². The molecule has 0 fully saturated rings. The average molecular weight is 317 g/mol. The van der Waals surface area contributed by atoms with Crippen LogP contribution in [0.25, 0.3) is 0 Å². The Labute approximate surface area is 124 Å². The normalized spacial score (nSPS) is 11.5. The van der Waals surface area contributed by atoms with Crippen molar-refractivity contribution in [1.82, 2.24) is 9.97 Å². The molecule has 3 nitrogen and oxygen atoms in total. The van der Waals surface area contributed by atoms with E-state index in [0.29, 0.717) is 12.2 Å².